The molecule has 1 saturated heterocycles. The summed E-state index contributed by atoms with van der Waals surface area (Å²) >= 11 is 0. The Morgan fingerprint density at radius 2 is 1.68 bits per heavy atom. The molecule has 1 atom stereocenters. The van der Waals surface area contributed by atoms with Gasteiger partial charge in [-0.15, -0.1) is 0 Å². The van der Waals surface area contributed by atoms with Gasteiger partial charge in [0.1, 0.15) is 0 Å². The minimum atomic E-state index is 0.300. The largest absolute Gasteiger partial charge is 0.374 e. The van der Waals surface area contributed by atoms with Crippen molar-refractivity contribution in [2.24, 2.45) is 0 Å². The lowest BCUT2D eigenvalue weighted by Gasteiger charge is -2.25. The van der Waals surface area contributed by atoms with Crippen molar-refractivity contribution in [1.29, 1.82) is 0 Å². The fourth-order valence-corrected chi connectivity index (χ4v) is 2.81. The fourth-order valence-electron chi connectivity index (χ4n) is 2.81. The van der Waals surface area contributed by atoms with E-state index < -0.39 is 0 Å². The second-order valence-electron chi connectivity index (χ2n) is 5.22. The van der Waals surface area contributed by atoms with Gasteiger partial charge >= 0.3 is 0 Å². The Bertz CT molecular complexity index is 512. The molecule has 1 aliphatic rings. The van der Waals surface area contributed by atoms with Crippen LogP contribution in [-0.4, -0.2) is 6.61 Å². The minimum Gasteiger partial charge on any atom is -0.374 e. The summed E-state index contributed by atoms with van der Waals surface area (Å²) in [5.41, 5.74) is 4.15. The smallest absolute Gasteiger partial charge is 0.0827 e. The molecule has 3 rings (SSSR count). The van der Waals surface area contributed by atoms with Crippen LogP contribution in [0.2, 0.25) is 0 Å². The van der Waals surface area contributed by atoms with Crippen LogP contribution in [-0.2, 0) is 11.2 Å². The van der Waals surface area contributed by atoms with Crippen LogP contribution in [0.4, 0.5) is 0 Å². The highest BCUT2D eigenvalue weighted by Crippen LogP contribution is 2.30. The molecule has 0 radical (unpaired) electrons. The second-order valence-corrected chi connectivity index (χ2v) is 5.22. The molecule has 1 heterocycles. The van der Waals surface area contributed by atoms with Gasteiger partial charge in [-0.3, -0.25) is 0 Å². The van der Waals surface area contributed by atoms with E-state index in [9.17, 15) is 0 Å². The molecule has 0 saturated carbocycles. The summed E-state index contributed by atoms with van der Waals surface area (Å²) in [5.74, 6) is 0. The molecule has 19 heavy (non-hydrogen) atoms. The molecule has 1 unspecified atom stereocenters. The Morgan fingerprint density at radius 1 is 0.895 bits per heavy atom. The third-order valence-corrected chi connectivity index (χ3v) is 3.82. The number of benzene rings is 2. The highest BCUT2D eigenvalue weighted by molar-refractivity contribution is 5.34. The quantitative estimate of drug-likeness (QED) is 0.780. The molecule has 1 heteroatoms. The molecule has 0 aromatic heterocycles. The van der Waals surface area contributed by atoms with Crippen molar-refractivity contribution in [2.45, 2.75) is 31.8 Å². The van der Waals surface area contributed by atoms with E-state index in [1.165, 1.54) is 29.5 Å². The van der Waals surface area contributed by atoms with E-state index in [0.29, 0.717) is 6.10 Å². The number of hydrogen-bond donors (Lipinski definition) is 0. The Kier molecular flexibility index (Phi) is 3.95. The lowest BCUT2D eigenvalue weighted by molar-refractivity contribution is 0.0145. The van der Waals surface area contributed by atoms with Crippen molar-refractivity contribution in [3.8, 4) is 0 Å². The SMILES string of the molecule is c1ccc(Cc2ccccc2C2CCCCO2)cc1. The van der Waals surface area contributed by atoms with E-state index >= 15 is 0 Å². The molecule has 1 fully saturated rings. The maximum absolute atomic E-state index is 5.94. The first-order valence-electron chi connectivity index (χ1n) is 7.17. The number of hydrogen-bond acceptors (Lipinski definition) is 1. The molecule has 0 bridgehead atoms. The Balaban J connectivity index is 1.84. The van der Waals surface area contributed by atoms with E-state index in [2.05, 4.69) is 54.6 Å². The maximum atomic E-state index is 5.94. The third kappa shape index (κ3) is 3.05. The van der Waals surface area contributed by atoms with Crippen LogP contribution in [0.1, 0.15) is 42.1 Å². The van der Waals surface area contributed by atoms with Gasteiger partial charge in [0.25, 0.3) is 0 Å². The molecule has 1 aliphatic heterocycles. The zero-order chi connectivity index (χ0) is 12.9. The molecule has 2 aromatic carbocycles. The van der Waals surface area contributed by atoms with Crippen molar-refractivity contribution >= 4 is 0 Å². The van der Waals surface area contributed by atoms with Crippen LogP contribution in [0.25, 0.3) is 0 Å². The van der Waals surface area contributed by atoms with Crippen LogP contribution < -0.4 is 0 Å². The van der Waals surface area contributed by atoms with Crippen molar-refractivity contribution in [2.75, 3.05) is 6.61 Å². The predicted octanol–water partition coefficient (Wildman–Crippen LogP) is 4.52. The number of rotatable bonds is 3. The summed E-state index contributed by atoms with van der Waals surface area (Å²) < 4.78 is 5.94. The highest BCUT2D eigenvalue weighted by atomic mass is 16.5. The van der Waals surface area contributed by atoms with E-state index in [0.717, 1.165) is 19.4 Å². The standard InChI is InChI=1S/C18H20O/c1-2-8-15(9-3-1)14-16-10-4-5-11-17(16)18-12-6-7-13-19-18/h1-5,8-11,18H,6-7,12-14H2. The van der Waals surface area contributed by atoms with Crippen LogP contribution in [0.5, 0.6) is 0 Å². The Morgan fingerprint density at radius 3 is 2.47 bits per heavy atom. The van der Waals surface area contributed by atoms with Crippen LogP contribution >= 0.6 is 0 Å². The van der Waals surface area contributed by atoms with Crippen LogP contribution in [0.3, 0.4) is 0 Å². The normalized spacial score (nSPS) is 19.3. The fraction of sp³-hybridized carbons (Fsp3) is 0.333. The van der Waals surface area contributed by atoms with E-state index in [1.54, 1.807) is 0 Å². The van der Waals surface area contributed by atoms with Crippen molar-refractivity contribution in [1.82, 2.24) is 0 Å². The van der Waals surface area contributed by atoms with E-state index in [4.69, 9.17) is 4.74 Å². The molecule has 0 spiro atoms. The van der Waals surface area contributed by atoms with Gasteiger partial charge in [0, 0.05) is 6.61 Å². The monoisotopic (exact) mass is 252 g/mol. The third-order valence-electron chi connectivity index (χ3n) is 3.82. The number of ether oxygens (including phenoxy) is 1. The van der Waals surface area contributed by atoms with Gasteiger partial charge in [-0.25, -0.2) is 0 Å². The van der Waals surface area contributed by atoms with Gasteiger partial charge in [-0.1, -0.05) is 54.6 Å². The van der Waals surface area contributed by atoms with Gasteiger partial charge in [0.15, 0.2) is 0 Å². The molecule has 2 aromatic rings. The average Bonchev–Trinajstić information content (AvgIpc) is 2.50. The summed E-state index contributed by atoms with van der Waals surface area (Å²) in [7, 11) is 0. The van der Waals surface area contributed by atoms with Gasteiger partial charge in [0.2, 0.25) is 0 Å². The first-order valence-corrected chi connectivity index (χ1v) is 7.17. The minimum absolute atomic E-state index is 0.300. The topological polar surface area (TPSA) is 9.23 Å². The molecule has 98 valence electrons. The predicted molar refractivity (Wildman–Crippen MR) is 78.2 cm³/mol. The molecule has 0 aliphatic carbocycles. The Labute approximate surface area is 115 Å². The first-order chi connectivity index (χ1) is 9.43. The zero-order valence-electron chi connectivity index (χ0n) is 11.2. The molecular formula is C18H20O. The molecule has 0 N–H and O–H groups in total. The van der Waals surface area contributed by atoms with Crippen molar-refractivity contribution in [3.63, 3.8) is 0 Å². The lowest BCUT2D eigenvalue weighted by Crippen LogP contribution is -2.13. The summed E-state index contributed by atoms with van der Waals surface area (Å²) in [6.07, 6.45) is 4.94. The molecular weight excluding hydrogens is 232 g/mol. The van der Waals surface area contributed by atoms with Crippen molar-refractivity contribution in [3.05, 3.63) is 71.3 Å². The summed E-state index contributed by atoms with van der Waals surface area (Å²) in [6, 6.07) is 19.4. The van der Waals surface area contributed by atoms with E-state index in [1.807, 2.05) is 0 Å². The average molecular weight is 252 g/mol. The summed E-state index contributed by atoms with van der Waals surface area (Å²) in [6.45, 7) is 0.907. The highest BCUT2D eigenvalue weighted by Gasteiger charge is 2.18. The summed E-state index contributed by atoms with van der Waals surface area (Å²) in [5, 5.41) is 0. The Hall–Kier alpha value is -1.60. The second kappa shape index (κ2) is 6.03. The van der Waals surface area contributed by atoms with E-state index in [-0.39, 0.29) is 0 Å². The van der Waals surface area contributed by atoms with Gasteiger partial charge in [-0.05, 0) is 42.4 Å². The zero-order valence-corrected chi connectivity index (χ0v) is 11.2. The lowest BCUT2D eigenvalue weighted by atomic mass is 9.93. The first kappa shape index (κ1) is 12.4. The molecule has 0 amide bonds. The van der Waals surface area contributed by atoms with Crippen LogP contribution in [0.15, 0.2) is 54.6 Å². The maximum Gasteiger partial charge on any atom is 0.0827 e. The van der Waals surface area contributed by atoms with Gasteiger partial charge < -0.3 is 4.74 Å². The van der Waals surface area contributed by atoms with Crippen molar-refractivity contribution < 1.29 is 4.74 Å². The van der Waals surface area contributed by atoms with Gasteiger partial charge in [-0.2, -0.15) is 0 Å². The van der Waals surface area contributed by atoms with Gasteiger partial charge in [0.05, 0.1) is 6.10 Å². The summed E-state index contributed by atoms with van der Waals surface area (Å²) in [4.78, 5) is 0. The van der Waals surface area contributed by atoms with Crippen LogP contribution in [0, 0.1) is 0 Å². The molecule has 1 nitrogen and oxygen atoms in total.